The van der Waals surface area contributed by atoms with Crippen molar-refractivity contribution < 1.29 is 0 Å². The second-order valence-corrected chi connectivity index (χ2v) is 8.41. The number of rotatable bonds is 2. The number of benzene rings is 1. The number of nitrogen functional groups attached to an aromatic ring is 1. The molecule has 0 saturated carbocycles. The quantitative estimate of drug-likeness (QED) is 0.486. The molecule has 1 unspecified atom stereocenters. The van der Waals surface area contributed by atoms with E-state index < -0.39 is 0 Å². The molecule has 4 heterocycles. The average Bonchev–Trinajstić information content (AvgIpc) is 3.27. The van der Waals surface area contributed by atoms with Gasteiger partial charge in [-0.2, -0.15) is 0 Å². The molecule has 0 bridgehead atoms. The Morgan fingerprint density at radius 1 is 1.21 bits per heavy atom. The number of likely N-dealkylation sites (N-methyl/N-ethyl adjacent to an activating group) is 1. The highest BCUT2D eigenvalue weighted by atomic mass is 32.1. The van der Waals surface area contributed by atoms with Gasteiger partial charge in [0.15, 0.2) is 0 Å². The lowest BCUT2D eigenvalue weighted by Crippen LogP contribution is -2.50. The summed E-state index contributed by atoms with van der Waals surface area (Å²) in [5.41, 5.74) is 10.6. The number of aromatic nitrogens is 3. The van der Waals surface area contributed by atoms with Crippen LogP contribution < -0.4 is 16.2 Å². The van der Waals surface area contributed by atoms with Crippen molar-refractivity contribution in [3.8, 4) is 11.4 Å². The van der Waals surface area contributed by atoms with Crippen LogP contribution in [0, 0.1) is 0 Å². The normalized spacial score (nSPS) is 18.4. The Balaban J connectivity index is 1.59. The molecule has 0 spiro atoms. The lowest BCUT2D eigenvalue weighted by molar-refractivity contribution is 0.275. The first-order chi connectivity index (χ1) is 13.5. The first kappa shape index (κ1) is 17.3. The molecule has 1 aliphatic heterocycles. The smallest absolute Gasteiger partial charge is 0.261 e. The lowest BCUT2D eigenvalue weighted by Gasteiger charge is -2.39. The van der Waals surface area contributed by atoms with E-state index in [1.807, 2.05) is 17.5 Å². The zero-order valence-corrected chi connectivity index (χ0v) is 16.6. The summed E-state index contributed by atoms with van der Waals surface area (Å²) in [6.45, 7) is 5.32. The maximum absolute atomic E-state index is 12.6. The van der Waals surface area contributed by atoms with Gasteiger partial charge in [-0.25, -0.2) is 4.98 Å². The van der Waals surface area contributed by atoms with Crippen LogP contribution in [-0.4, -0.2) is 52.6 Å². The van der Waals surface area contributed by atoms with Crippen LogP contribution in [0.2, 0.25) is 0 Å². The fraction of sp³-hybridized carbons (Fsp3) is 0.300. The van der Waals surface area contributed by atoms with Crippen LogP contribution in [-0.2, 0) is 0 Å². The number of nitrogens with two attached hydrogens (primary N) is 1. The Bertz CT molecular complexity index is 1240. The van der Waals surface area contributed by atoms with Crippen molar-refractivity contribution in [2.24, 2.45) is 0 Å². The fourth-order valence-corrected chi connectivity index (χ4v) is 4.91. The van der Waals surface area contributed by atoms with Gasteiger partial charge in [0.05, 0.1) is 26.9 Å². The SMILES string of the molecule is CC1CN(C)CCN1c1ccc2nc(-c3c(N)c4sccc4[nH]c3=O)[nH]c2c1. The van der Waals surface area contributed by atoms with E-state index in [0.717, 1.165) is 40.9 Å². The van der Waals surface area contributed by atoms with Gasteiger partial charge in [-0.15, -0.1) is 11.3 Å². The third-order valence-corrected chi connectivity index (χ3v) is 6.47. The van der Waals surface area contributed by atoms with Gasteiger partial charge in [-0.05, 0) is 43.6 Å². The van der Waals surface area contributed by atoms with Crippen molar-refractivity contribution >= 4 is 44.0 Å². The van der Waals surface area contributed by atoms with Gasteiger partial charge in [0.2, 0.25) is 0 Å². The number of fused-ring (bicyclic) bond motifs is 2. The Hall–Kier alpha value is -2.84. The van der Waals surface area contributed by atoms with Crippen molar-refractivity contribution in [3.05, 3.63) is 40.0 Å². The van der Waals surface area contributed by atoms with Gasteiger partial charge < -0.3 is 25.5 Å². The summed E-state index contributed by atoms with van der Waals surface area (Å²) in [5, 5.41) is 1.92. The first-order valence-electron chi connectivity index (χ1n) is 9.35. The van der Waals surface area contributed by atoms with Gasteiger partial charge in [-0.3, -0.25) is 4.79 Å². The van der Waals surface area contributed by atoms with Gasteiger partial charge in [0.25, 0.3) is 5.56 Å². The fourth-order valence-electron chi connectivity index (χ4n) is 4.09. The number of aromatic amines is 2. The second-order valence-electron chi connectivity index (χ2n) is 7.50. The summed E-state index contributed by atoms with van der Waals surface area (Å²) in [4.78, 5) is 28.2. The third kappa shape index (κ3) is 2.68. The highest BCUT2D eigenvalue weighted by Crippen LogP contribution is 2.32. The maximum Gasteiger partial charge on any atom is 0.261 e. The van der Waals surface area contributed by atoms with E-state index >= 15 is 0 Å². The molecule has 28 heavy (non-hydrogen) atoms. The molecule has 4 N–H and O–H groups in total. The molecule has 1 atom stereocenters. The molecule has 1 fully saturated rings. The second kappa shape index (κ2) is 6.35. The van der Waals surface area contributed by atoms with Crippen LogP contribution in [0.15, 0.2) is 34.4 Å². The Kier molecular flexibility index (Phi) is 3.92. The highest BCUT2D eigenvalue weighted by molar-refractivity contribution is 7.17. The molecule has 3 aromatic heterocycles. The highest BCUT2D eigenvalue weighted by Gasteiger charge is 2.22. The average molecular weight is 395 g/mol. The summed E-state index contributed by atoms with van der Waals surface area (Å²) in [6, 6.07) is 8.53. The molecule has 144 valence electrons. The lowest BCUT2D eigenvalue weighted by atomic mass is 10.1. The van der Waals surface area contributed by atoms with Crippen LogP contribution in [0.5, 0.6) is 0 Å². The molecule has 1 saturated heterocycles. The van der Waals surface area contributed by atoms with Crippen LogP contribution in [0.3, 0.4) is 0 Å². The third-order valence-electron chi connectivity index (χ3n) is 5.52. The molecule has 7 nitrogen and oxygen atoms in total. The van der Waals surface area contributed by atoms with E-state index in [2.05, 4.69) is 50.9 Å². The first-order valence-corrected chi connectivity index (χ1v) is 10.2. The minimum Gasteiger partial charge on any atom is -0.397 e. The van der Waals surface area contributed by atoms with E-state index in [1.54, 1.807) is 0 Å². The molecule has 1 aliphatic rings. The van der Waals surface area contributed by atoms with Gasteiger partial charge >= 0.3 is 0 Å². The van der Waals surface area contributed by atoms with Gasteiger partial charge in [0, 0.05) is 31.4 Å². The van der Waals surface area contributed by atoms with Crippen LogP contribution in [0.25, 0.3) is 32.6 Å². The van der Waals surface area contributed by atoms with Crippen LogP contribution >= 0.6 is 11.3 Å². The minimum absolute atomic E-state index is 0.227. The Labute approximate surface area is 165 Å². The number of imidazole rings is 1. The van der Waals surface area contributed by atoms with E-state index in [1.165, 1.54) is 17.0 Å². The van der Waals surface area contributed by atoms with E-state index in [0.29, 0.717) is 23.1 Å². The van der Waals surface area contributed by atoms with Gasteiger partial charge in [-0.1, -0.05) is 0 Å². The van der Waals surface area contributed by atoms with E-state index in [9.17, 15) is 4.79 Å². The van der Waals surface area contributed by atoms with Crippen molar-refractivity contribution in [3.63, 3.8) is 0 Å². The van der Waals surface area contributed by atoms with Crippen molar-refractivity contribution in [2.75, 3.05) is 37.3 Å². The molecular formula is C20H22N6OS. The van der Waals surface area contributed by atoms with Crippen molar-refractivity contribution in [1.82, 2.24) is 19.9 Å². The number of nitrogens with one attached hydrogen (secondary N) is 2. The monoisotopic (exact) mass is 394 g/mol. The number of hydrogen-bond donors (Lipinski definition) is 3. The number of nitrogens with zero attached hydrogens (tertiary/aromatic N) is 3. The molecule has 1 aromatic carbocycles. The largest absolute Gasteiger partial charge is 0.397 e. The molecule has 0 amide bonds. The Morgan fingerprint density at radius 3 is 2.89 bits per heavy atom. The van der Waals surface area contributed by atoms with Crippen LogP contribution in [0.1, 0.15) is 6.92 Å². The van der Waals surface area contributed by atoms with Gasteiger partial charge in [0.1, 0.15) is 11.4 Å². The van der Waals surface area contributed by atoms with E-state index in [4.69, 9.17) is 5.73 Å². The maximum atomic E-state index is 12.6. The zero-order valence-electron chi connectivity index (χ0n) is 15.8. The summed E-state index contributed by atoms with van der Waals surface area (Å²) in [6.07, 6.45) is 0. The summed E-state index contributed by atoms with van der Waals surface area (Å²) < 4.78 is 0.877. The van der Waals surface area contributed by atoms with Crippen LogP contribution in [0.4, 0.5) is 11.4 Å². The molecule has 0 radical (unpaired) electrons. The summed E-state index contributed by atoms with van der Waals surface area (Å²) >= 11 is 1.51. The summed E-state index contributed by atoms with van der Waals surface area (Å²) in [7, 11) is 2.16. The standard InChI is InChI=1S/C20H22N6OS/c1-11-10-25(2)6-7-26(11)12-3-4-13-15(9-12)23-19(22-13)16-17(21)18-14(5-8-28-18)24-20(16)27/h3-5,8-9,11H,6-7,10H2,1-2H3,(H,22,23)(H3,21,24,27). The molecular weight excluding hydrogens is 372 g/mol. The number of piperazine rings is 1. The minimum atomic E-state index is -0.227. The number of thiophene rings is 1. The molecule has 5 rings (SSSR count). The number of hydrogen-bond acceptors (Lipinski definition) is 6. The predicted octanol–water partition coefficient (Wildman–Crippen LogP) is 2.86. The Morgan fingerprint density at radius 2 is 2.07 bits per heavy atom. The molecule has 8 heteroatoms. The van der Waals surface area contributed by atoms with E-state index in [-0.39, 0.29) is 5.56 Å². The summed E-state index contributed by atoms with van der Waals surface area (Å²) in [5.74, 6) is 0.507. The molecule has 0 aliphatic carbocycles. The number of H-pyrrole nitrogens is 2. The zero-order chi connectivity index (χ0) is 19.4. The van der Waals surface area contributed by atoms with Crippen molar-refractivity contribution in [2.45, 2.75) is 13.0 Å². The number of pyridine rings is 1. The number of anilines is 2. The topological polar surface area (TPSA) is 94.0 Å². The predicted molar refractivity (Wildman–Crippen MR) is 116 cm³/mol. The molecule has 4 aromatic rings. The van der Waals surface area contributed by atoms with Crippen molar-refractivity contribution in [1.29, 1.82) is 0 Å².